The Bertz CT molecular complexity index is 255. The number of rotatable bonds is 3. The average molecular weight is 196 g/mol. The summed E-state index contributed by atoms with van der Waals surface area (Å²) in [5, 5.41) is 0. The maximum absolute atomic E-state index is 11.4. The maximum atomic E-state index is 11.4. The van der Waals surface area contributed by atoms with E-state index in [-0.39, 0.29) is 23.6 Å². The summed E-state index contributed by atoms with van der Waals surface area (Å²) >= 11 is 0. The lowest BCUT2D eigenvalue weighted by atomic mass is 9.90. The second kappa shape index (κ2) is 4.94. The number of Topliss-reactive ketones (excluding diaryl/α,β-unsaturated/α-hetero) is 1. The first kappa shape index (κ1) is 11.0. The van der Waals surface area contributed by atoms with Crippen molar-refractivity contribution in [2.45, 2.75) is 26.2 Å². The minimum Gasteiger partial charge on any atom is -0.469 e. The molecule has 1 saturated carbocycles. The average Bonchev–Trinajstić information content (AvgIpc) is 2.60. The van der Waals surface area contributed by atoms with Crippen LogP contribution in [0.5, 0.6) is 0 Å². The van der Waals surface area contributed by atoms with Crippen molar-refractivity contribution in [2.75, 3.05) is 7.11 Å². The van der Waals surface area contributed by atoms with E-state index in [0.29, 0.717) is 12.8 Å². The van der Waals surface area contributed by atoms with Crippen molar-refractivity contribution in [1.29, 1.82) is 0 Å². The van der Waals surface area contributed by atoms with Gasteiger partial charge in [0.05, 0.1) is 13.0 Å². The molecule has 1 aliphatic rings. The van der Waals surface area contributed by atoms with Crippen LogP contribution >= 0.6 is 0 Å². The highest BCUT2D eigenvalue weighted by atomic mass is 16.5. The lowest BCUT2D eigenvalue weighted by Crippen LogP contribution is -2.21. The molecule has 0 bridgehead atoms. The summed E-state index contributed by atoms with van der Waals surface area (Å²) in [5.74, 6) is -0.0705. The molecule has 0 spiro atoms. The Morgan fingerprint density at radius 1 is 1.64 bits per heavy atom. The van der Waals surface area contributed by atoms with E-state index in [2.05, 4.69) is 0 Å². The Hall–Kier alpha value is -1.12. The summed E-state index contributed by atoms with van der Waals surface area (Å²) in [5.41, 5.74) is 0. The third-order valence-corrected chi connectivity index (χ3v) is 2.66. The number of ketones is 1. The van der Waals surface area contributed by atoms with E-state index in [1.54, 1.807) is 0 Å². The van der Waals surface area contributed by atoms with Crippen LogP contribution in [-0.4, -0.2) is 18.9 Å². The molecule has 1 fully saturated rings. The standard InChI is InChI=1S/C11H16O3/c1-3-4-10(11(13)14-2)8-5-6-9(12)7-8/h3-4,8,10H,5-7H2,1-2H3/b4-3+/t8-,10?/m1/s1. The number of methoxy groups -OCH3 is 1. The van der Waals surface area contributed by atoms with E-state index < -0.39 is 0 Å². The fourth-order valence-electron chi connectivity index (χ4n) is 1.92. The van der Waals surface area contributed by atoms with Gasteiger partial charge in [0.1, 0.15) is 5.78 Å². The third kappa shape index (κ3) is 2.44. The van der Waals surface area contributed by atoms with E-state index in [9.17, 15) is 9.59 Å². The van der Waals surface area contributed by atoms with E-state index >= 15 is 0 Å². The van der Waals surface area contributed by atoms with Crippen LogP contribution in [-0.2, 0) is 14.3 Å². The van der Waals surface area contributed by atoms with Crippen LogP contribution in [0, 0.1) is 11.8 Å². The van der Waals surface area contributed by atoms with Crippen molar-refractivity contribution in [2.24, 2.45) is 11.8 Å². The van der Waals surface area contributed by atoms with Crippen LogP contribution in [0.3, 0.4) is 0 Å². The van der Waals surface area contributed by atoms with Crippen LogP contribution in [0.15, 0.2) is 12.2 Å². The van der Waals surface area contributed by atoms with Crippen molar-refractivity contribution in [1.82, 2.24) is 0 Å². The lowest BCUT2D eigenvalue weighted by molar-refractivity contribution is -0.145. The first-order valence-electron chi connectivity index (χ1n) is 4.91. The second-order valence-electron chi connectivity index (χ2n) is 3.62. The van der Waals surface area contributed by atoms with Crippen molar-refractivity contribution in [3.05, 3.63) is 12.2 Å². The Labute approximate surface area is 84.1 Å². The molecular formula is C11H16O3. The molecule has 3 heteroatoms. The number of allylic oxidation sites excluding steroid dienone is 1. The first-order chi connectivity index (χ1) is 6.69. The number of hydrogen-bond acceptors (Lipinski definition) is 3. The Morgan fingerprint density at radius 2 is 2.36 bits per heavy atom. The zero-order chi connectivity index (χ0) is 10.6. The molecule has 0 aromatic carbocycles. The van der Waals surface area contributed by atoms with Gasteiger partial charge in [0.2, 0.25) is 0 Å². The van der Waals surface area contributed by atoms with Gasteiger partial charge in [-0.05, 0) is 19.3 Å². The monoisotopic (exact) mass is 196 g/mol. The van der Waals surface area contributed by atoms with Gasteiger partial charge in [0.25, 0.3) is 0 Å². The van der Waals surface area contributed by atoms with Gasteiger partial charge in [-0.25, -0.2) is 0 Å². The number of esters is 1. The minimum atomic E-state index is -0.239. The Kier molecular flexibility index (Phi) is 3.86. The number of hydrogen-bond donors (Lipinski definition) is 0. The number of carbonyl (C=O) groups excluding carboxylic acids is 2. The van der Waals surface area contributed by atoms with E-state index in [1.807, 2.05) is 19.1 Å². The maximum Gasteiger partial charge on any atom is 0.312 e. The molecule has 0 aromatic rings. The van der Waals surface area contributed by atoms with Crippen molar-refractivity contribution < 1.29 is 14.3 Å². The highest BCUT2D eigenvalue weighted by Crippen LogP contribution is 2.30. The summed E-state index contributed by atoms with van der Waals surface area (Å²) in [6.07, 6.45) is 5.60. The molecule has 3 nitrogen and oxygen atoms in total. The van der Waals surface area contributed by atoms with Crippen molar-refractivity contribution in [3.8, 4) is 0 Å². The molecule has 2 atom stereocenters. The van der Waals surface area contributed by atoms with Crippen LogP contribution in [0.1, 0.15) is 26.2 Å². The quantitative estimate of drug-likeness (QED) is 0.510. The lowest BCUT2D eigenvalue weighted by Gasteiger charge is -2.16. The normalized spacial score (nSPS) is 24.1. The van der Waals surface area contributed by atoms with Gasteiger partial charge in [0, 0.05) is 12.8 Å². The number of carbonyl (C=O) groups is 2. The zero-order valence-corrected chi connectivity index (χ0v) is 8.66. The van der Waals surface area contributed by atoms with Gasteiger partial charge in [-0.2, -0.15) is 0 Å². The van der Waals surface area contributed by atoms with Gasteiger partial charge < -0.3 is 4.74 Å². The smallest absolute Gasteiger partial charge is 0.312 e. The van der Waals surface area contributed by atoms with Gasteiger partial charge in [0.15, 0.2) is 0 Å². The molecule has 1 unspecified atom stereocenters. The highest BCUT2D eigenvalue weighted by Gasteiger charge is 2.32. The molecule has 0 radical (unpaired) electrons. The third-order valence-electron chi connectivity index (χ3n) is 2.66. The Balaban J connectivity index is 2.67. The highest BCUT2D eigenvalue weighted by molar-refractivity contribution is 5.83. The summed E-state index contributed by atoms with van der Waals surface area (Å²) in [4.78, 5) is 22.5. The van der Waals surface area contributed by atoms with Gasteiger partial charge in [-0.1, -0.05) is 12.2 Å². The Morgan fingerprint density at radius 3 is 2.79 bits per heavy atom. The van der Waals surface area contributed by atoms with Gasteiger partial charge in [-0.15, -0.1) is 0 Å². The molecule has 14 heavy (non-hydrogen) atoms. The molecule has 0 heterocycles. The largest absolute Gasteiger partial charge is 0.469 e. The second-order valence-corrected chi connectivity index (χ2v) is 3.62. The molecule has 0 N–H and O–H groups in total. The first-order valence-corrected chi connectivity index (χ1v) is 4.91. The molecule has 0 aliphatic heterocycles. The molecule has 1 aliphatic carbocycles. The topological polar surface area (TPSA) is 43.4 Å². The predicted octanol–water partition coefficient (Wildman–Crippen LogP) is 1.72. The molecule has 0 aromatic heterocycles. The van der Waals surface area contributed by atoms with Crippen LogP contribution in [0.4, 0.5) is 0 Å². The van der Waals surface area contributed by atoms with E-state index in [4.69, 9.17) is 4.74 Å². The van der Waals surface area contributed by atoms with Gasteiger partial charge in [-0.3, -0.25) is 9.59 Å². The minimum absolute atomic E-state index is 0.145. The molecule has 78 valence electrons. The fraction of sp³-hybridized carbons (Fsp3) is 0.636. The summed E-state index contributed by atoms with van der Waals surface area (Å²) in [6.45, 7) is 1.87. The van der Waals surface area contributed by atoms with Crippen LogP contribution in [0.25, 0.3) is 0 Å². The van der Waals surface area contributed by atoms with E-state index in [1.165, 1.54) is 7.11 Å². The molecule has 1 rings (SSSR count). The summed E-state index contributed by atoms with van der Waals surface area (Å²) in [6, 6.07) is 0. The molecule has 0 amide bonds. The van der Waals surface area contributed by atoms with Gasteiger partial charge >= 0.3 is 5.97 Å². The molecule has 0 saturated heterocycles. The van der Waals surface area contributed by atoms with Crippen molar-refractivity contribution >= 4 is 11.8 Å². The van der Waals surface area contributed by atoms with Crippen LogP contribution in [0.2, 0.25) is 0 Å². The predicted molar refractivity (Wildman–Crippen MR) is 52.7 cm³/mol. The zero-order valence-electron chi connectivity index (χ0n) is 8.66. The summed E-state index contributed by atoms with van der Waals surface area (Å²) in [7, 11) is 1.38. The fourth-order valence-corrected chi connectivity index (χ4v) is 1.92. The summed E-state index contributed by atoms with van der Waals surface area (Å²) < 4.78 is 4.71. The number of ether oxygens (including phenoxy) is 1. The molecular weight excluding hydrogens is 180 g/mol. The van der Waals surface area contributed by atoms with Crippen molar-refractivity contribution in [3.63, 3.8) is 0 Å². The van der Waals surface area contributed by atoms with Crippen LogP contribution < -0.4 is 0 Å². The van der Waals surface area contributed by atoms with E-state index in [0.717, 1.165) is 6.42 Å². The SMILES string of the molecule is C/C=C/C(C(=O)OC)[C@@H]1CCC(=O)C1.